The quantitative estimate of drug-likeness (QED) is 0.642. The number of benzene rings is 2. The second-order valence-electron chi connectivity index (χ2n) is 7.63. The molecule has 2 N–H and O–H groups in total. The van der Waals surface area contributed by atoms with Gasteiger partial charge in [0.25, 0.3) is 0 Å². The molecule has 3 amide bonds. The summed E-state index contributed by atoms with van der Waals surface area (Å²) in [4.78, 5) is 38.7. The summed E-state index contributed by atoms with van der Waals surface area (Å²) >= 11 is 0. The normalized spacial score (nSPS) is 12.5. The molecule has 0 aliphatic heterocycles. The first kappa shape index (κ1) is 22.0. The third-order valence-corrected chi connectivity index (χ3v) is 5.11. The van der Waals surface area contributed by atoms with E-state index in [1.807, 2.05) is 37.3 Å². The molecule has 7 nitrogen and oxygen atoms in total. The van der Waals surface area contributed by atoms with Gasteiger partial charge in [-0.1, -0.05) is 24.3 Å². The summed E-state index contributed by atoms with van der Waals surface area (Å²) in [6.07, 6.45) is 2.11. The Bertz CT molecular complexity index is 994. The molecule has 1 saturated carbocycles. The number of rotatable bonds is 9. The fourth-order valence-corrected chi connectivity index (χ4v) is 3.16. The highest BCUT2D eigenvalue weighted by Gasteiger charge is 2.29. The van der Waals surface area contributed by atoms with Crippen LogP contribution in [0, 0.1) is 24.2 Å². The minimum Gasteiger partial charge on any atom is -0.326 e. The maximum atomic E-state index is 12.7. The van der Waals surface area contributed by atoms with E-state index in [0.29, 0.717) is 17.1 Å². The van der Waals surface area contributed by atoms with Crippen LogP contribution >= 0.6 is 0 Å². The first-order valence-electron chi connectivity index (χ1n) is 10.4. The number of hydrogen-bond acceptors (Lipinski definition) is 4. The van der Waals surface area contributed by atoms with E-state index in [2.05, 4.69) is 16.7 Å². The minimum absolute atomic E-state index is 0.00472. The van der Waals surface area contributed by atoms with Gasteiger partial charge in [0.05, 0.1) is 12.5 Å². The van der Waals surface area contributed by atoms with Gasteiger partial charge in [0.2, 0.25) is 17.7 Å². The molecule has 0 unspecified atom stereocenters. The van der Waals surface area contributed by atoms with Crippen LogP contribution < -0.4 is 15.5 Å². The third kappa shape index (κ3) is 6.41. The highest BCUT2D eigenvalue weighted by molar-refractivity contribution is 5.99. The van der Waals surface area contributed by atoms with E-state index < -0.39 is 0 Å². The number of carbonyl (C=O) groups excluding carboxylic acids is 3. The van der Waals surface area contributed by atoms with Crippen molar-refractivity contribution in [2.75, 3.05) is 22.1 Å². The maximum Gasteiger partial charge on any atom is 0.227 e. The van der Waals surface area contributed by atoms with Crippen LogP contribution in [0.4, 0.5) is 17.1 Å². The van der Waals surface area contributed by atoms with Gasteiger partial charge < -0.3 is 15.5 Å². The van der Waals surface area contributed by atoms with Crippen LogP contribution in [0.5, 0.6) is 0 Å². The molecule has 1 aliphatic rings. The number of para-hydroxylation sites is 1. The maximum absolute atomic E-state index is 12.7. The molecule has 0 bridgehead atoms. The lowest BCUT2D eigenvalue weighted by atomic mass is 10.1. The largest absolute Gasteiger partial charge is 0.326 e. The predicted molar refractivity (Wildman–Crippen MR) is 119 cm³/mol. The first-order chi connectivity index (χ1) is 15.0. The molecule has 0 atom stereocenters. The zero-order valence-electron chi connectivity index (χ0n) is 17.6. The molecule has 7 heteroatoms. The van der Waals surface area contributed by atoms with Gasteiger partial charge in [0.15, 0.2) is 0 Å². The van der Waals surface area contributed by atoms with Crippen molar-refractivity contribution in [2.45, 2.75) is 39.0 Å². The van der Waals surface area contributed by atoms with E-state index in [-0.39, 0.29) is 49.4 Å². The Kier molecular flexibility index (Phi) is 7.39. The van der Waals surface area contributed by atoms with Gasteiger partial charge in [-0.3, -0.25) is 14.4 Å². The van der Waals surface area contributed by atoms with E-state index in [1.165, 1.54) is 4.90 Å². The van der Waals surface area contributed by atoms with Gasteiger partial charge in [-0.2, -0.15) is 5.26 Å². The van der Waals surface area contributed by atoms with Crippen molar-refractivity contribution in [3.63, 3.8) is 0 Å². The molecule has 0 radical (unpaired) electrons. The lowest BCUT2D eigenvalue weighted by Crippen LogP contribution is -2.32. The third-order valence-electron chi connectivity index (χ3n) is 5.11. The lowest BCUT2D eigenvalue weighted by Gasteiger charge is -2.21. The molecule has 0 saturated heterocycles. The molecule has 0 heterocycles. The number of nitriles is 1. The fraction of sp³-hybridized carbons (Fsp3) is 0.333. The van der Waals surface area contributed by atoms with Gasteiger partial charge in [0.1, 0.15) is 0 Å². The zero-order valence-corrected chi connectivity index (χ0v) is 17.6. The van der Waals surface area contributed by atoms with Crippen LogP contribution in [-0.4, -0.2) is 24.3 Å². The summed E-state index contributed by atoms with van der Waals surface area (Å²) < 4.78 is 0. The molecule has 160 valence electrons. The Morgan fingerprint density at radius 3 is 2.48 bits per heavy atom. The molecule has 0 spiro atoms. The average molecular weight is 418 g/mol. The monoisotopic (exact) mass is 418 g/mol. The van der Waals surface area contributed by atoms with Crippen LogP contribution in [0.1, 0.15) is 37.7 Å². The minimum atomic E-state index is -0.282. The van der Waals surface area contributed by atoms with E-state index in [9.17, 15) is 14.4 Å². The van der Waals surface area contributed by atoms with E-state index in [0.717, 1.165) is 18.4 Å². The smallest absolute Gasteiger partial charge is 0.227 e. The summed E-state index contributed by atoms with van der Waals surface area (Å²) in [5.41, 5.74) is 2.82. The van der Waals surface area contributed by atoms with Gasteiger partial charge >= 0.3 is 0 Å². The molecular formula is C24H26N4O3. The highest BCUT2D eigenvalue weighted by Crippen LogP contribution is 2.31. The van der Waals surface area contributed by atoms with Gasteiger partial charge in [-0.05, 0) is 49.6 Å². The van der Waals surface area contributed by atoms with Crippen molar-refractivity contribution in [1.29, 1.82) is 5.26 Å². The van der Waals surface area contributed by atoms with E-state index in [1.54, 1.807) is 18.2 Å². The van der Waals surface area contributed by atoms with Crippen LogP contribution in [0.2, 0.25) is 0 Å². The number of nitrogens with zero attached hydrogens (tertiary/aromatic N) is 2. The van der Waals surface area contributed by atoms with Crippen molar-refractivity contribution < 1.29 is 14.4 Å². The lowest BCUT2D eigenvalue weighted by molar-refractivity contribution is -0.122. The summed E-state index contributed by atoms with van der Waals surface area (Å²) in [5.74, 6) is -0.391. The molecule has 3 rings (SSSR count). The van der Waals surface area contributed by atoms with Crippen LogP contribution in [0.3, 0.4) is 0 Å². The molecular weight excluding hydrogens is 392 g/mol. The second kappa shape index (κ2) is 10.4. The number of amides is 3. The van der Waals surface area contributed by atoms with E-state index >= 15 is 0 Å². The number of nitrogens with one attached hydrogen (secondary N) is 2. The summed E-state index contributed by atoms with van der Waals surface area (Å²) in [7, 11) is 0. The predicted octanol–water partition coefficient (Wildman–Crippen LogP) is 4.01. The second-order valence-corrected chi connectivity index (χ2v) is 7.63. The topological polar surface area (TPSA) is 102 Å². The first-order valence-corrected chi connectivity index (χ1v) is 10.4. The van der Waals surface area contributed by atoms with E-state index in [4.69, 9.17) is 5.26 Å². The molecule has 1 fully saturated rings. The van der Waals surface area contributed by atoms with Crippen molar-refractivity contribution in [2.24, 2.45) is 5.92 Å². The number of carbonyl (C=O) groups is 3. The standard InChI is InChI=1S/C24H26N4O3/c1-17-8-11-19(26-24(31)18-9-10-18)16-21(17)27-22(29)12-13-23(30)28(15-5-14-25)20-6-3-2-4-7-20/h2-4,6-8,11,16,18H,5,9-10,12-13,15H2,1H3,(H,26,31)(H,27,29). The summed E-state index contributed by atoms with van der Waals surface area (Å²) in [6, 6.07) is 16.5. The van der Waals surface area contributed by atoms with Crippen molar-refractivity contribution in [1.82, 2.24) is 0 Å². The highest BCUT2D eigenvalue weighted by atomic mass is 16.2. The van der Waals surface area contributed by atoms with Crippen LogP contribution in [0.25, 0.3) is 0 Å². The Balaban J connectivity index is 1.58. The molecule has 0 aromatic heterocycles. The van der Waals surface area contributed by atoms with Crippen LogP contribution in [-0.2, 0) is 14.4 Å². The van der Waals surface area contributed by atoms with Gasteiger partial charge in [0, 0.05) is 42.4 Å². The number of hydrogen-bond donors (Lipinski definition) is 2. The Hall–Kier alpha value is -3.66. The summed E-state index contributed by atoms with van der Waals surface area (Å²) in [5, 5.41) is 14.6. The fourth-order valence-electron chi connectivity index (χ4n) is 3.16. The molecule has 2 aromatic carbocycles. The molecule has 31 heavy (non-hydrogen) atoms. The summed E-state index contributed by atoms with van der Waals surface area (Å²) in [6.45, 7) is 2.15. The van der Waals surface area contributed by atoms with Crippen molar-refractivity contribution >= 4 is 34.8 Å². The zero-order chi connectivity index (χ0) is 22.2. The SMILES string of the molecule is Cc1ccc(NC(=O)C2CC2)cc1NC(=O)CCC(=O)N(CCC#N)c1ccccc1. The number of aryl methyl sites for hydroxylation is 1. The molecule has 1 aliphatic carbocycles. The van der Waals surface area contributed by atoms with Gasteiger partial charge in [-0.15, -0.1) is 0 Å². The number of anilines is 3. The van der Waals surface area contributed by atoms with Crippen LogP contribution in [0.15, 0.2) is 48.5 Å². The Morgan fingerprint density at radius 1 is 1.06 bits per heavy atom. The Labute approximate surface area is 182 Å². The van der Waals surface area contributed by atoms with Crippen molar-refractivity contribution in [3.05, 3.63) is 54.1 Å². The van der Waals surface area contributed by atoms with Crippen molar-refractivity contribution in [3.8, 4) is 6.07 Å². The molecule has 2 aromatic rings. The average Bonchev–Trinajstić information content (AvgIpc) is 3.61. The Morgan fingerprint density at radius 2 is 1.81 bits per heavy atom. The van der Waals surface area contributed by atoms with Gasteiger partial charge in [-0.25, -0.2) is 0 Å².